The molecule has 7 heteroatoms. The zero-order valence-electron chi connectivity index (χ0n) is 19.0. The molecule has 3 aromatic rings. The van der Waals surface area contributed by atoms with Crippen LogP contribution in [-0.2, 0) is 16.0 Å². The maximum atomic E-state index is 13.0. The second-order valence-electron chi connectivity index (χ2n) is 8.61. The number of hydrogen-bond donors (Lipinski definition) is 1. The van der Waals surface area contributed by atoms with Gasteiger partial charge in [0.25, 0.3) is 11.7 Å². The molecule has 1 aliphatic heterocycles. The average Bonchev–Trinajstić information content (AvgIpc) is 3.44. The summed E-state index contributed by atoms with van der Waals surface area (Å²) in [6.45, 7) is 4.96. The molecule has 2 heterocycles. The van der Waals surface area contributed by atoms with Gasteiger partial charge in [0, 0.05) is 17.1 Å². The number of aliphatic hydroxyl groups is 1. The normalized spacial score (nSPS) is 17.5. The predicted molar refractivity (Wildman–Crippen MR) is 130 cm³/mol. The van der Waals surface area contributed by atoms with Gasteiger partial charge in [-0.1, -0.05) is 37.6 Å². The van der Waals surface area contributed by atoms with E-state index in [2.05, 4.69) is 13.8 Å². The van der Waals surface area contributed by atoms with Crippen molar-refractivity contribution < 1.29 is 23.8 Å². The van der Waals surface area contributed by atoms with Gasteiger partial charge in [-0.05, 0) is 66.4 Å². The Morgan fingerprint density at radius 1 is 1.09 bits per heavy atom. The second kappa shape index (κ2) is 10.2. The summed E-state index contributed by atoms with van der Waals surface area (Å²) in [5.41, 5.74) is 1.40. The zero-order valence-corrected chi connectivity index (χ0v) is 19.8. The first-order valence-corrected chi connectivity index (χ1v) is 11.5. The van der Waals surface area contributed by atoms with Crippen molar-refractivity contribution in [2.24, 2.45) is 5.92 Å². The highest BCUT2D eigenvalue weighted by molar-refractivity contribution is 6.46. The quantitative estimate of drug-likeness (QED) is 0.257. The summed E-state index contributed by atoms with van der Waals surface area (Å²) in [5.74, 6) is -0.205. The molecule has 0 radical (unpaired) electrons. The van der Waals surface area contributed by atoms with Gasteiger partial charge in [-0.2, -0.15) is 0 Å². The number of halogens is 1. The van der Waals surface area contributed by atoms with Crippen LogP contribution in [0.5, 0.6) is 5.75 Å². The Kier molecular flexibility index (Phi) is 7.08. The van der Waals surface area contributed by atoms with Gasteiger partial charge in [0.1, 0.15) is 23.3 Å². The number of ketones is 1. The number of Topliss-reactive ketones (excluding diaryl/α,β-unsaturated/α-hetero) is 1. The van der Waals surface area contributed by atoms with Crippen LogP contribution >= 0.6 is 11.6 Å². The lowest BCUT2D eigenvalue weighted by atomic mass is 9.99. The van der Waals surface area contributed by atoms with Crippen molar-refractivity contribution in [3.05, 3.63) is 94.4 Å². The van der Waals surface area contributed by atoms with E-state index in [9.17, 15) is 14.7 Å². The van der Waals surface area contributed by atoms with Crippen molar-refractivity contribution >= 4 is 29.1 Å². The fraction of sp³-hybridized carbons (Fsp3) is 0.259. The van der Waals surface area contributed by atoms with E-state index in [0.29, 0.717) is 41.0 Å². The van der Waals surface area contributed by atoms with E-state index in [1.165, 1.54) is 11.2 Å². The Balaban J connectivity index is 1.65. The minimum Gasteiger partial charge on any atom is -0.507 e. The van der Waals surface area contributed by atoms with Crippen LogP contribution in [0.4, 0.5) is 0 Å². The van der Waals surface area contributed by atoms with Crippen molar-refractivity contribution in [2.75, 3.05) is 13.2 Å². The van der Waals surface area contributed by atoms with E-state index >= 15 is 0 Å². The molecule has 1 aliphatic rings. The fourth-order valence-corrected chi connectivity index (χ4v) is 4.01. The van der Waals surface area contributed by atoms with Gasteiger partial charge in [0.15, 0.2) is 0 Å². The molecule has 34 heavy (non-hydrogen) atoms. The summed E-state index contributed by atoms with van der Waals surface area (Å²) in [7, 11) is 0. The van der Waals surface area contributed by atoms with Gasteiger partial charge < -0.3 is 19.2 Å². The van der Waals surface area contributed by atoms with E-state index in [-0.39, 0.29) is 17.9 Å². The van der Waals surface area contributed by atoms with Crippen molar-refractivity contribution in [1.29, 1.82) is 0 Å². The highest BCUT2D eigenvalue weighted by Gasteiger charge is 2.47. The standard InChI is InChI=1S/C27H26ClNO5/c1-17(2)16-34-21-11-7-19(8-12-21)25(30)23-24(22-4-3-15-33-22)29(27(32)26(23)31)14-13-18-5-9-20(28)10-6-18/h3-12,15,17,24,30H,13-14,16H2,1-2H3/b25-23-. The molecule has 176 valence electrons. The number of furan rings is 1. The molecule has 0 spiro atoms. The van der Waals surface area contributed by atoms with Gasteiger partial charge >= 0.3 is 0 Å². The number of carbonyl (C=O) groups excluding carboxylic acids is 2. The van der Waals surface area contributed by atoms with E-state index in [1.54, 1.807) is 48.5 Å². The second-order valence-corrected chi connectivity index (χ2v) is 9.05. The van der Waals surface area contributed by atoms with Crippen LogP contribution in [-0.4, -0.2) is 34.8 Å². The summed E-state index contributed by atoms with van der Waals surface area (Å²) in [4.78, 5) is 27.5. The first-order valence-electron chi connectivity index (χ1n) is 11.1. The number of hydrogen-bond acceptors (Lipinski definition) is 5. The van der Waals surface area contributed by atoms with E-state index in [1.807, 2.05) is 12.1 Å². The number of amides is 1. The van der Waals surface area contributed by atoms with Crippen LogP contribution < -0.4 is 4.74 Å². The highest BCUT2D eigenvalue weighted by Crippen LogP contribution is 2.39. The molecule has 6 nitrogen and oxygen atoms in total. The molecule has 1 unspecified atom stereocenters. The smallest absolute Gasteiger partial charge is 0.295 e. The van der Waals surface area contributed by atoms with E-state index in [4.69, 9.17) is 20.8 Å². The molecular formula is C27H26ClNO5. The third-order valence-corrected chi connectivity index (χ3v) is 5.87. The summed E-state index contributed by atoms with van der Waals surface area (Å²) < 4.78 is 11.3. The van der Waals surface area contributed by atoms with Crippen LogP contribution in [0, 0.1) is 5.92 Å². The van der Waals surface area contributed by atoms with E-state index in [0.717, 1.165) is 5.56 Å². The monoisotopic (exact) mass is 479 g/mol. The number of nitrogens with zero attached hydrogens (tertiary/aromatic N) is 1. The van der Waals surface area contributed by atoms with Crippen LogP contribution in [0.2, 0.25) is 5.02 Å². The third kappa shape index (κ3) is 5.02. The van der Waals surface area contributed by atoms with Gasteiger partial charge in [0.05, 0.1) is 18.4 Å². The van der Waals surface area contributed by atoms with E-state index < -0.39 is 17.7 Å². The number of carbonyl (C=O) groups is 2. The summed E-state index contributed by atoms with van der Waals surface area (Å²) in [6.07, 6.45) is 2.00. The molecule has 1 aromatic heterocycles. The minimum absolute atomic E-state index is 0.00639. The van der Waals surface area contributed by atoms with Crippen LogP contribution in [0.1, 0.15) is 36.8 Å². The lowest BCUT2D eigenvalue weighted by molar-refractivity contribution is -0.140. The molecule has 4 rings (SSSR count). The number of ether oxygens (including phenoxy) is 1. The van der Waals surface area contributed by atoms with Crippen LogP contribution in [0.15, 0.2) is 76.9 Å². The molecule has 2 aromatic carbocycles. The summed E-state index contributed by atoms with van der Waals surface area (Å²) >= 11 is 5.96. The lowest BCUT2D eigenvalue weighted by Gasteiger charge is -2.23. The first-order chi connectivity index (χ1) is 16.3. The molecule has 0 aliphatic carbocycles. The Hall–Kier alpha value is -3.51. The Labute approximate surface area is 203 Å². The molecule has 0 saturated carbocycles. The molecule has 0 bridgehead atoms. The van der Waals surface area contributed by atoms with Crippen molar-refractivity contribution in [2.45, 2.75) is 26.3 Å². The number of likely N-dealkylation sites (tertiary alicyclic amines) is 1. The van der Waals surface area contributed by atoms with Crippen LogP contribution in [0.3, 0.4) is 0 Å². The lowest BCUT2D eigenvalue weighted by Crippen LogP contribution is -2.31. The molecule has 1 N–H and O–H groups in total. The van der Waals surface area contributed by atoms with Crippen molar-refractivity contribution in [3.8, 4) is 5.75 Å². The number of benzene rings is 2. The summed E-state index contributed by atoms with van der Waals surface area (Å²) in [6, 6.07) is 16.7. The van der Waals surface area contributed by atoms with Gasteiger partial charge in [-0.15, -0.1) is 0 Å². The summed E-state index contributed by atoms with van der Waals surface area (Å²) in [5, 5.41) is 11.7. The topological polar surface area (TPSA) is 80.0 Å². The fourth-order valence-electron chi connectivity index (χ4n) is 3.88. The number of rotatable bonds is 8. The van der Waals surface area contributed by atoms with Crippen molar-refractivity contribution in [3.63, 3.8) is 0 Å². The Bertz CT molecular complexity index is 1180. The largest absolute Gasteiger partial charge is 0.507 e. The first kappa shape index (κ1) is 23.6. The minimum atomic E-state index is -0.820. The molecule has 1 amide bonds. The Morgan fingerprint density at radius 2 is 1.79 bits per heavy atom. The molecular weight excluding hydrogens is 454 g/mol. The van der Waals surface area contributed by atoms with Gasteiger partial charge in [-0.25, -0.2) is 0 Å². The maximum absolute atomic E-state index is 13.0. The predicted octanol–water partition coefficient (Wildman–Crippen LogP) is 5.63. The van der Waals surface area contributed by atoms with Gasteiger partial charge in [0.2, 0.25) is 0 Å². The van der Waals surface area contributed by atoms with Crippen molar-refractivity contribution in [1.82, 2.24) is 4.90 Å². The number of aliphatic hydroxyl groups excluding tert-OH is 1. The zero-order chi connectivity index (χ0) is 24.2. The Morgan fingerprint density at radius 3 is 2.41 bits per heavy atom. The van der Waals surface area contributed by atoms with Crippen LogP contribution in [0.25, 0.3) is 5.76 Å². The highest BCUT2D eigenvalue weighted by atomic mass is 35.5. The maximum Gasteiger partial charge on any atom is 0.295 e. The van der Waals surface area contributed by atoms with Gasteiger partial charge in [-0.3, -0.25) is 9.59 Å². The third-order valence-electron chi connectivity index (χ3n) is 5.62. The SMILES string of the molecule is CC(C)COc1ccc(/C(O)=C2/C(=O)C(=O)N(CCc3ccc(Cl)cc3)C2c2ccco2)cc1. The molecule has 1 atom stereocenters. The molecule has 1 saturated heterocycles. The molecule has 1 fully saturated rings. The average molecular weight is 480 g/mol.